The lowest BCUT2D eigenvalue weighted by atomic mass is 10.2. The van der Waals surface area contributed by atoms with Crippen LogP contribution in [0.15, 0.2) is 35.3 Å². The van der Waals surface area contributed by atoms with Crippen LogP contribution in [-0.2, 0) is 14.6 Å². The van der Waals surface area contributed by atoms with Crippen molar-refractivity contribution < 1.29 is 18.3 Å². The molecule has 1 heterocycles. The second kappa shape index (κ2) is 9.86. The molecule has 9 heteroatoms. The molecule has 0 aliphatic rings. The maximum absolute atomic E-state index is 11.0. The minimum atomic E-state index is -2.99. The number of ether oxygens (including phenoxy) is 1. The first-order valence-electron chi connectivity index (χ1n) is 8.25. The van der Waals surface area contributed by atoms with Crippen LogP contribution in [0.3, 0.4) is 0 Å². The number of thiophene rings is 1. The molecule has 3 N–H and O–H groups in total. The van der Waals surface area contributed by atoms with Gasteiger partial charge in [0.05, 0.1) is 19.0 Å². The third kappa shape index (κ3) is 6.91. The second-order valence-electron chi connectivity index (χ2n) is 5.82. The average molecular weight is 400 g/mol. The third-order valence-electron chi connectivity index (χ3n) is 3.60. The Morgan fingerprint density at radius 2 is 2.08 bits per heavy atom. The number of fused-ring (bicyclic) bond motifs is 1. The Morgan fingerprint density at radius 3 is 2.77 bits per heavy atom. The maximum atomic E-state index is 11.0. The molecule has 7 nitrogen and oxygen atoms in total. The van der Waals surface area contributed by atoms with Gasteiger partial charge in [0, 0.05) is 36.0 Å². The number of sulfone groups is 1. The van der Waals surface area contributed by atoms with Crippen LogP contribution in [0.25, 0.3) is 10.1 Å². The van der Waals surface area contributed by atoms with Crippen LogP contribution in [0.5, 0.6) is 0 Å². The van der Waals surface area contributed by atoms with Crippen LogP contribution in [0.1, 0.15) is 11.0 Å². The van der Waals surface area contributed by atoms with Crippen molar-refractivity contribution in [1.82, 2.24) is 10.6 Å². The predicted octanol–water partition coefficient (Wildman–Crippen LogP) is 1.16. The summed E-state index contributed by atoms with van der Waals surface area (Å²) in [6.07, 6.45) is 0.555. The molecule has 0 radical (unpaired) electrons. The standard InChI is InChI=1S/C17H25N3O4S2/c1-18-17(19-7-8-24-9-10-26(2,22)23)20-12-14(21)16-11-13-5-3-4-6-15(13)25-16/h3-6,11,14,21H,7-10,12H2,1-2H3,(H2,18,19,20). The molecular formula is C17H25N3O4S2. The van der Waals surface area contributed by atoms with Crippen molar-refractivity contribution >= 4 is 37.2 Å². The number of hydrogen-bond donors (Lipinski definition) is 3. The molecule has 0 aliphatic heterocycles. The van der Waals surface area contributed by atoms with Gasteiger partial charge in [0.1, 0.15) is 15.9 Å². The summed E-state index contributed by atoms with van der Waals surface area (Å²) in [7, 11) is -1.35. The zero-order chi connectivity index (χ0) is 19.0. The number of aliphatic hydroxyl groups excluding tert-OH is 1. The first-order valence-corrected chi connectivity index (χ1v) is 11.1. The van der Waals surface area contributed by atoms with Gasteiger partial charge in [-0.1, -0.05) is 18.2 Å². The van der Waals surface area contributed by atoms with Gasteiger partial charge in [-0.2, -0.15) is 0 Å². The fourth-order valence-corrected chi connectivity index (χ4v) is 3.71. The number of benzene rings is 1. The van der Waals surface area contributed by atoms with E-state index in [2.05, 4.69) is 15.6 Å². The molecule has 26 heavy (non-hydrogen) atoms. The molecule has 1 unspecified atom stereocenters. The Kier molecular flexibility index (Phi) is 7.83. The van der Waals surface area contributed by atoms with E-state index in [1.54, 1.807) is 18.4 Å². The van der Waals surface area contributed by atoms with Gasteiger partial charge in [0.15, 0.2) is 5.96 Å². The summed E-state index contributed by atoms with van der Waals surface area (Å²) in [5.41, 5.74) is 0. The second-order valence-corrected chi connectivity index (χ2v) is 9.20. The van der Waals surface area contributed by atoms with Gasteiger partial charge in [0.2, 0.25) is 0 Å². The van der Waals surface area contributed by atoms with E-state index < -0.39 is 15.9 Å². The molecular weight excluding hydrogens is 374 g/mol. The average Bonchev–Trinajstić information content (AvgIpc) is 3.03. The van der Waals surface area contributed by atoms with E-state index >= 15 is 0 Å². The van der Waals surface area contributed by atoms with E-state index in [0.29, 0.717) is 25.7 Å². The fourth-order valence-electron chi connectivity index (χ4n) is 2.24. The highest BCUT2D eigenvalue weighted by Gasteiger charge is 2.12. The summed E-state index contributed by atoms with van der Waals surface area (Å²) in [5.74, 6) is 0.568. The Morgan fingerprint density at radius 1 is 1.31 bits per heavy atom. The Hall–Kier alpha value is -1.68. The van der Waals surface area contributed by atoms with Gasteiger partial charge in [-0.05, 0) is 17.5 Å². The van der Waals surface area contributed by atoms with E-state index in [-0.39, 0.29) is 12.4 Å². The van der Waals surface area contributed by atoms with E-state index in [0.717, 1.165) is 15.0 Å². The zero-order valence-electron chi connectivity index (χ0n) is 14.9. The van der Waals surface area contributed by atoms with Crippen molar-refractivity contribution in [3.63, 3.8) is 0 Å². The molecule has 0 bridgehead atoms. The van der Waals surface area contributed by atoms with E-state index in [9.17, 15) is 13.5 Å². The summed E-state index contributed by atoms with van der Waals surface area (Å²) in [6, 6.07) is 10.0. The van der Waals surface area contributed by atoms with Gasteiger partial charge in [-0.15, -0.1) is 11.3 Å². The topological polar surface area (TPSA) is 100 Å². The van der Waals surface area contributed by atoms with Crippen molar-refractivity contribution in [3.8, 4) is 0 Å². The van der Waals surface area contributed by atoms with Crippen LogP contribution in [0.2, 0.25) is 0 Å². The molecule has 2 rings (SSSR count). The summed E-state index contributed by atoms with van der Waals surface area (Å²) in [6.45, 7) is 1.37. The highest BCUT2D eigenvalue weighted by atomic mass is 32.2. The SMILES string of the molecule is CN=C(NCCOCCS(C)(=O)=O)NCC(O)c1cc2ccccc2s1. The van der Waals surface area contributed by atoms with Gasteiger partial charge in [-0.3, -0.25) is 4.99 Å². The smallest absolute Gasteiger partial charge is 0.191 e. The largest absolute Gasteiger partial charge is 0.386 e. The predicted molar refractivity (Wildman–Crippen MR) is 107 cm³/mol. The Balaban J connectivity index is 1.71. The summed E-state index contributed by atoms with van der Waals surface area (Å²) in [5, 5.41) is 17.6. The number of nitrogens with one attached hydrogen (secondary N) is 2. The van der Waals surface area contributed by atoms with Gasteiger partial charge in [0.25, 0.3) is 0 Å². The number of nitrogens with zero attached hydrogens (tertiary/aromatic N) is 1. The van der Waals surface area contributed by atoms with Crippen LogP contribution in [-0.4, -0.2) is 64.8 Å². The van der Waals surface area contributed by atoms with Crippen molar-refractivity contribution in [1.29, 1.82) is 0 Å². The molecule has 0 saturated heterocycles. The van der Waals surface area contributed by atoms with Crippen molar-refractivity contribution in [2.75, 3.05) is 45.4 Å². The normalized spacial score (nSPS) is 13.7. The first-order chi connectivity index (χ1) is 12.4. The molecule has 0 spiro atoms. The number of hydrogen-bond acceptors (Lipinski definition) is 6. The minimum Gasteiger partial charge on any atom is -0.386 e. The van der Waals surface area contributed by atoms with E-state index in [1.807, 2.05) is 30.3 Å². The zero-order valence-corrected chi connectivity index (χ0v) is 16.6. The Labute approximate surface area is 158 Å². The number of rotatable bonds is 9. The molecule has 1 atom stereocenters. The summed E-state index contributed by atoms with van der Waals surface area (Å²) >= 11 is 1.57. The summed E-state index contributed by atoms with van der Waals surface area (Å²) in [4.78, 5) is 4.99. The van der Waals surface area contributed by atoms with Crippen LogP contribution >= 0.6 is 11.3 Å². The highest BCUT2D eigenvalue weighted by Crippen LogP contribution is 2.29. The van der Waals surface area contributed by atoms with Gasteiger partial charge < -0.3 is 20.5 Å². The van der Waals surface area contributed by atoms with Crippen molar-refractivity contribution in [3.05, 3.63) is 35.2 Å². The lowest BCUT2D eigenvalue weighted by molar-refractivity contribution is 0.153. The van der Waals surface area contributed by atoms with Crippen LogP contribution in [0.4, 0.5) is 0 Å². The molecule has 2 aromatic rings. The monoisotopic (exact) mass is 399 g/mol. The lowest BCUT2D eigenvalue weighted by Gasteiger charge is -2.14. The maximum Gasteiger partial charge on any atom is 0.191 e. The molecule has 0 amide bonds. The number of aliphatic imine (C=N–C) groups is 1. The lowest BCUT2D eigenvalue weighted by Crippen LogP contribution is -2.40. The molecule has 1 aromatic carbocycles. The number of aliphatic hydroxyl groups is 1. The number of guanidine groups is 1. The first kappa shape index (κ1) is 20.6. The van der Waals surface area contributed by atoms with Crippen molar-refractivity contribution in [2.24, 2.45) is 4.99 Å². The molecule has 0 aliphatic carbocycles. The van der Waals surface area contributed by atoms with Gasteiger partial charge >= 0.3 is 0 Å². The Bertz CT molecular complexity index is 800. The summed E-state index contributed by atoms with van der Waals surface area (Å²) < 4.78 is 28.4. The molecule has 144 valence electrons. The highest BCUT2D eigenvalue weighted by molar-refractivity contribution is 7.90. The van der Waals surface area contributed by atoms with Crippen LogP contribution in [0, 0.1) is 0 Å². The van der Waals surface area contributed by atoms with Crippen molar-refractivity contribution in [2.45, 2.75) is 6.10 Å². The quantitative estimate of drug-likeness (QED) is 0.332. The van der Waals surface area contributed by atoms with E-state index in [1.165, 1.54) is 6.26 Å². The fraction of sp³-hybridized carbons (Fsp3) is 0.471. The molecule has 0 saturated carbocycles. The molecule has 1 aromatic heterocycles. The van der Waals surface area contributed by atoms with E-state index in [4.69, 9.17) is 4.74 Å². The molecule has 0 fully saturated rings. The third-order valence-corrected chi connectivity index (χ3v) is 5.72. The van der Waals surface area contributed by atoms with Crippen LogP contribution < -0.4 is 10.6 Å². The van der Waals surface area contributed by atoms with Gasteiger partial charge in [-0.25, -0.2) is 8.42 Å². The minimum absolute atomic E-state index is 0.0152.